The lowest BCUT2D eigenvalue weighted by atomic mass is 10.1. The van der Waals surface area contributed by atoms with Crippen molar-refractivity contribution in [3.63, 3.8) is 0 Å². The van der Waals surface area contributed by atoms with E-state index in [1.807, 2.05) is 0 Å². The van der Waals surface area contributed by atoms with Crippen LogP contribution in [0.2, 0.25) is 5.02 Å². The van der Waals surface area contributed by atoms with Crippen molar-refractivity contribution in [1.29, 1.82) is 0 Å². The highest BCUT2D eigenvalue weighted by molar-refractivity contribution is 6.31. The summed E-state index contributed by atoms with van der Waals surface area (Å²) >= 11 is 6.06. The molecule has 8 heteroatoms. The number of carbonyl (C=O) groups excluding carboxylic acids is 1. The fourth-order valence-electron chi connectivity index (χ4n) is 3.00. The summed E-state index contributed by atoms with van der Waals surface area (Å²) in [6, 6.07) is 4.05. The number of morpholine rings is 1. The molecule has 1 unspecified atom stereocenters. The molecule has 3 rings (SSSR count). The Bertz CT molecular complexity index is 655. The van der Waals surface area contributed by atoms with Crippen LogP contribution in [0.15, 0.2) is 18.2 Å². The van der Waals surface area contributed by atoms with E-state index in [-0.39, 0.29) is 17.5 Å². The van der Waals surface area contributed by atoms with Gasteiger partial charge in [-0.25, -0.2) is 9.18 Å². The first kappa shape index (κ1) is 17.1. The van der Waals surface area contributed by atoms with E-state index in [1.165, 1.54) is 12.1 Å². The number of hydrogen-bond donors (Lipinski definition) is 1. The summed E-state index contributed by atoms with van der Waals surface area (Å²) in [6.07, 6.45) is -1.42. The second-order valence-electron chi connectivity index (χ2n) is 5.84. The number of halogens is 2. The fourth-order valence-corrected chi connectivity index (χ4v) is 3.29. The Labute approximate surface area is 143 Å². The molecule has 24 heavy (non-hydrogen) atoms. The minimum atomic E-state index is -1.05. The normalized spacial score (nSPS) is 27.2. The predicted octanol–water partition coefficient (Wildman–Crippen LogP) is 2.01. The predicted molar refractivity (Wildman–Crippen MR) is 82.2 cm³/mol. The fraction of sp³-hybridized carbons (Fsp3) is 0.500. The van der Waals surface area contributed by atoms with Crippen LogP contribution in [-0.2, 0) is 19.1 Å². The van der Waals surface area contributed by atoms with Gasteiger partial charge in [0.25, 0.3) is 5.91 Å². The maximum Gasteiger partial charge on any atom is 0.332 e. The van der Waals surface area contributed by atoms with Gasteiger partial charge in [0.05, 0.1) is 13.2 Å². The van der Waals surface area contributed by atoms with Gasteiger partial charge in [-0.1, -0.05) is 17.7 Å². The summed E-state index contributed by atoms with van der Waals surface area (Å²) in [4.78, 5) is 25.1. The van der Waals surface area contributed by atoms with Gasteiger partial charge in [-0.3, -0.25) is 4.79 Å². The Morgan fingerprint density at radius 3 is 2.71 bits per heavy atom. The average molecular weight is 358 g/mol. The summed E-state index contributed by atoms with van der Waals surface area (Å²) in [5, 5.41) is 9.20. The van der Waals surface area contributed by atoms with E-state index in [0.29, 0.717) is 31.6 Å². The Morgan fingerprint density at radius 1 is 1.29 bits per heavy atom. The van der Waals surface area contributed by atoms with Crippen molar-refractivity contribution in [3.8, 4) is 0 Å². The Kier molecular flexibility index (Phi) is 5.03. The molecule has 0 spiro atoms. The zero-order valence-electron chi connectivity index (χ0n) is 12.8. The maximum atomic E-state index is 13.2. The van der Waals surface area contributed by atoms with Crippen molar-refractivity contribution in [2.75, 3.05) is 19.7 Å². The molecule has 0 radical (unpaired) electrons. The first-order valence-corrected chi connectivity index (χ1v) is 8.07. The number of rotatable bonds is 3. The molecule has 1 aromatic carbocycles. The number of nitrogens with zero attached hydrogens (tertiary/aromatic N) is 1. The molecule has 2 heterocycles. The second kappa shape index (κ2) is 7.04. The molecule has 0 aliphatic carbocycles. The van der Waals surface area contributed by atoms with E-state index in [9.17, 15) is 14.0 Å². The van der Waals surface area contributed by atoms with Crippen LogP contribution in [0.5, 0.6) is 0 Å². The molecule has 2 aliphatic rings. The molecule has 2 fully saturated rings. The lowest BCUT2D eigenvalue weighted by Crippen LogP contribution is -2.47. The summed E-state index contributed by atoms with van der Waals surface area (Å²) < 4.78 is 24.1. The molecule has 1 N–H and O–H groups in total. The maximum absolute atomic E-state index is 13.2. The number of hydrogen-bond acceptors (Lipinski definition) is 4. The minimum Gasteiger partial charge on any atom is -0.479 e. The van der Waals surface area contributed by atoms with Crippen molar-refractivity contribution in [1.82, 2.24) is 4.90 Å². The van der Waals surface area contributed by atoms with Crippen LogP contribution in [0, 0.1) is 5.82 Å². The summed E-state index contributed by atoms with van der Waals surface area (Å²) in [7, 11) is 0. The van der Waals surface area contributed by atoms with Gasteiger partial charge in [0.15, 0.2) is 6.10 Å². The second-order valence-corrected chi connectivity index (χ2v) is 6.25. The van der Waals surface area contributed by atoms with Crippen LogP contribution in [0.25, 0.3) is 0 Å². The van der Waals surface area contributed by atoms with Gasteiger partial charge in [0.2, 0.25) is 0 Å². The topological polar surface area (TPSA) is 76.1 Å². The minimum absolute atomic E-state index is 0.245. The molecule has 0 saturated carbocycles. The molecule has 3 atom stereocenters. The molecular weight excluding hydrogens is 341 g/mol. The lowest BCUT2D eigenvalue weighted by molar-refractivity contribution is -0.158. The van der Waals surface area contributed by atoms with E-state index < -0.39 is 30.1 Å². The van der Waals surface area contributed by atoms with Crippen molar-refractivity contribution in [2.24, 2.45) is 0 Å². The van der Waals surface area contributed by atoms with Crippen LogP contribution >= 0.6 is 11.6 Å². The third kappa shape index (κ3) is 3.53. The standard InChI is InChI=1S/C16H17ClFNO5/c17-11-7-9(18)1-2-10(11)14-8-19(5-6-23-14)15(20)12-3-4-13(24-12)16(21)22/h1-2,7,12-14H,3-6,8H2,(H,21,22)/t12-,13+,14?/m0/s1. The zero-order chi connectivity index (χ0) is 17.3. The summed E-state index contributed by atoms with van der Waals surface area (Å²) in [5.74, 6) is -1.74. The number of carboxylic acids is 1. The average Bonchev–Trinajstić information content (AvgIpc) is 3.04. The van der Waals surface area contributed by atoms with Gasteiger partial charge in [-0.15, -0.1) is 0 Å². The molecule has 0 aromatic heterocycles. The largest absolute Gasteiger partial charge is 0.479 e. The molecule has 1 aromatic rings. The van der Waals surface area contributed by atoms with Crippen LogP contribution in [0.4, 0.5) is 4.39 Å². The van der Waals surface area contributed by atoms with E-state index in [0.717, 1.165) is 0 Å². The Hall–Kier alpha value is -1.70. The molecule has 1 amide bonds. The van der Waals surface area contributed by atoms with Crippen LogP contribution in [-0.4, -0.2) is 53.8 Å². The van der Waals surface area contributed by atoms with E-state index >= 15 is 0 Å². The monoisotopic (exact) mass is 357 g/mol. The molecule has 2 aliphatic heterocycles. The summed E-state index contributed by atoms with van der Waals surface area (Å²) in [6.45, 7) is 0.979. The molecule has 0 bridgehead atoms. The molecule has 2 saturated heterocycles. The smallest absolute Gasteiger partial charge is 0.332 e. The number of ether oxygens (including phenoxy) is 2. The summed E-state index contributed by atoms with van der Waals surface area (Å²) in [5.41, 5.74) is 0.617. The molecule has 6 nitrogen and oxygen atoms in total. The van der Waals surface area contributed by atoms with Crippen molar-refractivity contribution < 1.29 is 28.6 Å². The Morgan fingerprint density at radius 2 is 2.04 bits per heavy atom. The SMILES string of the molecule is O=C(O)[C@H]1CC[C@@H](C(=O)N2CCOC(c3ccc(F)cc3Cl)C2)O1. The van der Waals surface area contributed by atoms with Gasteiger partial charge in [0.1, 0.15) is 18.0 Å². The van der Waals surface area contributed by atoms with E-state index in [4.69, 9.17) is 26.2 Å². The number of amides is 1. The van der Waals surface area contributed by atoms with Crippen LogP contribution in [0.1, 0.15) is 24.5 Å². The third-order valence-electron chi connectivity index (χ3n) is 4.26. The van der Waals surface area contributed by atoms with Gasteiger partial charge in [0, 0.05) is 17.1 Å². The van der Waals surface area contributed by atoms with Crippen molar-refractivity contribution >= 4 is 23.5 Å². The number of aliphatic carboxylic acids is 1. The number of carboxylic acid groups (broad SMARTS) is 1. The van der Waals surface area contributed by atoms with Gasteiger partial charge in [-0.05, 0) is 25.0 Å². The van der Waals surface area contributed by atoms with Crippen molar-refractivity contribution in [3.05, 3.63) is 34.6 Å². The number of carbonyl (C=O) groups is 2. The van der Waals surface area contributed by atoms with Gasteiger partial charge < -0.3 is 19.5 Å². The van der Waals surface area contributed by atoms with Gasteiger partial charge in [-0.2, -0.15) is 0 Å². The molecule has 130 valence electrons. The Balaban J connectivity index is 1.67. The lowest BCUT2D eigenvalue weighted by Gasteiger charge is -2.34. The highest BCUT2D eigenvalue weighted by atomic mass is 35.5. The zero-order valence-corrected chi connectivity index (χ0v) is 13.5. The number of benzene rings is 1. The first-order valence-electron chi connectivity index (χ1n) is 7.69. The molecular formula is C16H17ClFNO5. The highest BCUT2D eigenvalue weighted by Gasteiger charge is 2.38. The van der Waals surface area contributed by atoms with Crippen molar-refractivity contribution in [2.45, 2.75) is 31.2 Å². The first-order chi connectivity index (χ1) is 11.5. The highest BCUT2D eigenvalue weighted by Crippen LogP contribution is 2.30. The van der Waals surface area contributed by atoms with Gasteiger partial charge >= 0.3 is 5.97 Å². The van der Waals surface area contributed by atoms with Crippen LogP contribution < -0.4 is 0 Å². The van der Waals surface area contributed by atoms with E-state index in [1.54, 1.807) is 11.0 Å². The quantitative estimate of drug-likeness (QED) is 0.895. The van der Waals surface area contributed by atoms with E-state index in [2.05, 4.69) is 0 Å². The third-order valence-corrected chi connectivity index (χ3v) is 4.59. The van der Waals surface area contributed by atoms with Crippen LogP contribution in [0.3, 0.4) is 0 Å².